The Kier molecular flexibility index (Phi) is 3.98. The minimum absolute atomic E-state index is 0.0180. The molecule has 1 saturated heterocycles. The number of morpholine rings is 1. The average Bonchev–Trinajstić information content (AvgIpc) is 3.22. The standard InChI is InChI=1S/C18H20N2O4/c1-12-7-10-22-16(12)18(21)20-9-11-23-17-13(20)5-6-14(17)24-15-4-2-3-8-19-15/h2-4,7-8,10,13-14,17H,5-6,9,11H2,1H3/t13-,14-,17+/m0/s1. The van der Waals surface area contributed by atoms with Crippen molar-refractivity contribution in [2.45, 2.75) is 38.0 Å². The van der Waals surface area contributed by atoms with Crippen LogP contribution < -0.4 is 4.74 Å². The molecule has 0 aromatic carbocycles. The van der Waals surface area contributed by atoms with Crippen LogP contribution in [0.2, 0.25) is 0 Å². The molecule has 2 fully saturated rings. The van der Waals surface area contributed by atoms with Gasteiger partial charge in [-0.2, -0.15) is 0 Å². The van der Waals surface area contributed by atoms with E-state index in [1.165, 1.54) is 0 Å². The highest BCUT2D eigenvalue weighted by Gasteiger charge is 2.46. The predicted octanol–water partition coefficient (Wildman–Crippen LogP) is 2.43. The number of hydrogen-bond acceptors (Lipinski definition) is 5. The number of amides is 1. The number of carbonyl (C=O) groups is 1. The van der Waals surface area contributed by atoms with E-state index in [1.54, 1.807) is 12.5 Å². The van der Waals surface area contributed by atoms with Crippen LogP contribution >= 0.6 is 0 Å². The van der Waals surface area contributed by atoms with Crippen LogP contribution in [0.4, 0.5) is 0 Å². The first kappa shape index (κ1) is 15.2. The van der Waals surface area contributed by atoms with Crippen LogP contribution in [0.5, 0.6) is 5.88 Å². The molecule has 0 N–H and O–H groups in total. The van der Waals surface area contributed by atoms with Crippen molar-refractivity contribution in [2.24, 2.45) is 0 Å². The molecule has 0 radical (unpaired) electrons. The van der Waals surface area contributed by atoms with Crippen LogP contribution in [0.15, 0.2) is 41.1 Å². The number of aromatic nitrogens is 1. The Morgan fingerprint density at radius 1 is 1.33 bits per heavy atom. The number of rotatable bonds is 3. The second kappa shape index (κ2) is 6.28. The van der Waals surface area contributed by atoms with E-state index in [4.69, 9.17) is 13.9 Å². The molecular weight excluding hydrogens is 308 g/mol. The largest absolute Gasteiger partial charge is 0.471 e. The summed E-state index contributed by atoms with van der Waals surface area (Å²) in [5.41, 5.74) is 0.863. The Labute approximate surface area is 140 Å². The Bertz CT molecular complexity index is 715. The lowest BCUT2D eigenvalue weighted by Crippen LogP contribution is -2.54. The third-order valence-corrected chi connectivity index (χ3v) is 4.76. The van der Waals surface area contributed by atoms with Crippen molar-refractivity contribution in [2.75, 3.05) is 13.2 Å². The van der Waals surface area contributed by atoms with Gasteiger partial charge in [0.25, 0.3) is 5.91 Å². The van der Waals surface area contributed by atoms with Crippen LogP contribution in [0.3, 0.4) is 0 Å². The van der Waals surface area contributed by atoms with Crippen molar-refractivity contribution in [1.82, 2.24) is 9.88 Å². The van der Waals surface area contributed by atoms with Crippen LogP contribution in [0, 0.1) is 6.92 Å². The van der Waals surface area contributed by atoms with E-state index in [0.29, 0.717) is 24.8 Å². The number of aryl methyl sites for hydroxylation is 1. The Hall–Kier alpha value is -2.34. The molecule has 6 nitrogen and oxygen atoms in total. The Balaban J connectivity index is 1.50. The molecule has 3 heterocycles. The molecule has 126 valence electrons. The third kappa shape index (κ3) is 2.67. The number of nitrogens with zero attached hydrogens (tertiary/aromatic N) is 2. The zero-order valence-corrected chi connectivity index (χ0v) is 13.6. The molecule has 2 aromatic rings. The van der Waals surface area contributed by atoms with Gasteiger partial charge in [-0.3, -0.25) is 4.79 Å². The van der Waals surface area contributed by atoms with Gasteiger partial charge in [-0.1, -0.05) is 6.07 Å². The molecule has 2 aromatic heterocycles. The van der Waals surface area contributed by atoms with Crippen molar-refractivity contribution in [3.63, 3.8) is 0 Å². The molecule has 1 aliphatic carbocycles. The molecule has 0 bridgehead atoms. The van der Waals surface area contributed by atoms with Gasteiger partial charge >= 0.3 is 0 Å². The van der Waals surface area contributed by atoms with E-state index in [2.05, 4.69) is 4.98 Å². The average molecular weight is 328 g/mol. The SMILES string of the molecule is Cc1ccoc1C(=O)N1CCO[C@H]2[C@@H](Oc3ccccn3)CC[C@@H]21. The summed E-state index contributed by atoms with van der Waals surface area (Å²) in [6.45, 7) is 2.97. The van der Waals surface area contributed by atoms with Gasteiger partial charge in [0.05, 0.1) is 18.9 Å². The number of hydrogen-bond donors (Lipinski definition) is 0. The van der Waals surface area contributed by atoms with Crippen LogP contribution in [-0.2, 0) is 4.74 Å². The van der Waals surface area contributed by atoms with E-state index in [0.717, 1.165) is 18.4 Å². The lowest BCUT2D eigenvalue weighted by Gasteiger charge is -2.38. The highest BCUT2D eigenvalue weighted by Crippen LogP contribution is 2.33. The third-order valence-electron chi connectivity index (χ3n) is 4.76. The minimum Gasteiger partial charge on any atom is -0.471 e. The molecular formula is C18H20N2O4. The highest BCUT2D eigenvalue weighted by molar-refractivity contribution is 5.93. The topological polar surface area (TPSA) is 64.8 Å². The monoisotopic (exact) mass is 328 g/mol. The van der Waals surface area contributed by atoms with E-state index < -0.39 is 0 Å². The fraction of sp³-hybridized carbons (Fsp3) is 0.444. The summed E-state index contributed by atoms with van der Waals surface area (Å²) >= 11 is 0. The molecule has 0 unspecified atom stereocenters. The second-order valence-electron chi connectivity index (χ2n) is 6.24. The summed E-state index contributed by atoms with van der Waals surface area (Å²) in [4.78, 5) is 18.9. The fourth-order valence-electron chi connectivity index (χ4n) is 3.59. The summed E-state index contributed by atoms with van der Waals surface area (Å²) in [7, 11) is 0. The summed E-state index contributed by atoms with van der Waals surface area (Å²) in [6.07, 6.45) is 4.75. The minimum atomic E-state index is -0.125. The van der Waals surface area contributed by atoms with Crippen molar-refractivity contribution < 1.29 is 18.7 Å². The van der Waals surface area contributed by atoms with Crippen molar-refractivity contribution in [3.8, 4) is 5.88 Å². The van der Waals surface area contributed by atoms with Gasteiger partial charge in [0.15, 0.2) is 5.76 Å². The molecule has 1 aliphatic heterocycles. The molecule has 4 rings (SSSR count). The number of fused-ring (bicyclic) bond motifs is 1. The van der Waals surface area contributed by atoms with E-state index in [1.807, 2.05) is 36.1 Å². The van der Waals surface area contributed by atoms with Gasteiger partial charge < -0.3 is 18.8 Å². The van der Waals surface area contributed by atoms with Crippen LogP contribution in [0.1, 0.15) is 29.0 Å². The molecule has 24 heavy (non-hydrogen) atoms. The fourth-order valence-corrected chi connectivity index (χ4v) is 3.59. The van der Waals surface area contributed by atoms with Gasteiger partial charge in [0, 0.05) is 24.4 Å². The normalized spacial score (nSPS) is 26.2. The maximum atomic E-state index is 12.8. The van der Waals surface area contributed by atoms with Gasteiger partial charge in [-0.15, -0.1) is 0 Å². The lowest BCUT2D eigenvalue weighted by molar-refractivity contribution is -0.0798. The number of pyridine rings is 1. The summed E-state index contributed by atoms with van der Waals surface area (Å²) in [6, 6.07) is 7.42. The van der Waals surface area contributed by atoms with Crippen LogP contribution in [0.25, 0.3) is 0 Å². The second-order valence-corrected chi connectivity index (χ2v) is 6.24. The predicted molar refractivity (Wildman–Crippen MR) is 85.9 cm³/mol. The van der Waals surface area contributed by atoms with Crippen molar-refractivity contribution >= 4 is 5.91 Å². The molecule has 3 atom stereocenters. The van der Waals surface area contributed by atoms with Gasteiger partial charge in [-0.25, -0.2) is 4.98 Å². The number of furan rings is 1. The Morgan fingerprint density at radius 3 is 3.00 bits per heavy atom. The maximum Gasteiger partial charge on any atom is 0.290 e. The Morgan fingerprint density at radius 2 is 2.25 bits per heavy atom. The molecule has 2 aliphatic rings. The van der Waals surface area contributed by atoms with Crippen molar-refractivity contribution in [3.05, 3.63) is 48.0 Å². The number of carbonyl (C=O) groups excluding carboxylic acids is 1. The summed E-state index contributed by atoms with van der Waals surface area (Å²) in [5, 5.41) is 0. The smallest absolute Gasteiger partial charge is 0.290 e. The van der Waals surface area contributed by atoms with Gasteiger partial charge in [0.1, 0.15) is 12.2 Å². The van der Waals surface area contributed by atoms with E-state index in [-0.39, 0.29) is 24.2 Å². The molecule has 0 spiro atoms. The van der Waals surface area contributed by atoms with E-state index in [9.17, 15) is 4.79 Å². The van der Waals surface area contributed by atoms with Gasteiger partial charge in [-0.05, 0) is 31.9 Å². The molecule has 6 heteroatoms. The van der Waals surface area contributed by atoms with Crippen molar-refractivity contribution in [1.29, 1.82) is 0 Å². The lowest BCUT2D eigenvalue weighted by atomic mass is 10.1. The molecule has 1 amide bonds. The number of ether oxygens (including phenoxy) is 2. The molecule has 1 saturated carbocycles. The zero-order valence-electron chi connectivity index (χ0n) is 13.6. The first-order valence-corrected chi connectivity index (χ1v) is 8.28. The summed E-state index contributed by atoms with van der Waals surface area (Å²) < 4.78 is 17.3. The zero-order chi connectivity index (χ0) is 16.5. The van der Waals surface area contributed by atoms with E-state index >= 15 is 0 Å². The summed E-state index contributed by atoms with van der Waals surface area (Å²) in [5.74, 6) is 0.955. The first-order chi connectivity index (χ1) is 11.7. The quantitative estimate of drug-likeness (QED) is 0.866. The highest BCUT2D eigenvalue weighted by atomic mass is 16.5. The maximum absolute atomic E-state index is 12.8. The van der Waals surface area contributed by atoms with Crippen LogP contribution in [-0.4, -0.2) is 47.2 Å². The first-order valence-electron chi connectivity index (χ1n) is 8.28. The van der Waals surface area contributed by atoms with Gasteiger partial charge in [0.2, 0.25) is 5.88 Å².